The molecule has 0 aromatic carbocycles. The molecule has 0 aromatic heterocycles. The van der Waals surface area contributed by atoms with Crippen molar-refractivity contribution >= 4 is 17.7 Å². The molecule has 0 spiro atoms. The highest BCUT2D eigenvalue weighted by molar-refractivity contribution is 5.81. The molecule has 0 unspecified atom stereocenters. The molecule has 2 saturated heterocycles. The molecule has 3 amide bonds. The highest BCUT2D eigenvalue weighted by atomic mass is 16.2. The number of hydrogen-bond donors (Lipinski definition) is 1. The average molecular weight is 366 g/mol. The highest BCUT2D eigenvalue weighted by Crippen LogP contribution is 2.22. The van der Waals surface area contributed by atoms with E-state index in [1.54, 1.807) is 0 Å². The lowest BCUT2D eigenvalue weighted by Crippen LogP contribution is -2.45. The monoisotopic (exact) mass is 365 g/mol. The van der Waals surface area contributed by atoms with Crippen LogP contribution in [-0.2, 0) is 14.4 Å². The fourth-order valence-electron chi connectivity index (χ4n) is 3.78. The third kappa shape index (κ3) is 6.61. The van der Waals surface area contributed by atoms with Gasteiger partial charge in [0.25, 0.3) is 0 Å². The van der Waals surface area contributed by atoms with Crippen LogP contribution in [-0.4, -0.2) is 60.2 Å². The Hall–Kier alpha value is -1.59. The second-order valence-corrected chi connectivity index (χ2v) is 8.09. The van der Waals surface area contributed by atoms with E-state index in [0.717, 1.165) is 51.6 Å². The molecule has 2 rings (SSSR count). The number of likely N-dealkylation sites (tertiary alicyclic amines) is 1. The van der Waals surface area contributed by atoms with Crippen molar-refractivity contribution in [3.63, 3.8) is 0 Å². The van der Waals surface area contributed by atoms with Crippen LogP contribution >= 0.6 is 0 Å². The molecule has 0 aromatic rings. The molecule has 1 N–H and O–H groups in total. The Kier molecular flexibility index (Phi) is 8.39. The number of carbonyl (C=O) groups excluding carboxylic acids is 3. The smallest absolute Gasteiger partial charge is 0.225 e. The van der Waals surface area contributed by atoms with Gasteiger partial charge in [-0.25, -0.2) is 0 Å². The first-order chi connectivity index (χ1) is 12.5. The van der Waals surface area contributed by atoms with Crippen LogP contribution < -0.4 is 5.32 Å². The Labute approximate surface area is 157 Å². The lowest BCUT2D eigenvalue weighted by atomic mass is 9.94. The predicted octanol–water partition coefficient (Wildman–Crippen LogP) is 2.18. The molecule has 0 atom stereocenters. The van der Waals surface area contributed by atoms with Crippen molar-refractivity contribution in [2.45, 2.75) is 65.2 Å². The third-order valence-electron chi connectivity index (χ3n) is 5.38. The van der Waals surface area contributed by atoms with Gasteiger partial charge in [0.05, 0.1) is 0 Å². The maximum Gasteiger partial charge on any atom is 0.225 e. The molecule has 2 heterocycles. The first-order valence-corrected chi connectivity index (χ1v) is 10.3. The number of nitrogens with zero attached hydrogens (tertiary/aromatic N) is 2. The third-order valence-corrected chi connectivity index (χ3v) is 5.38. The van der Waals surface area contributed by atoms with Crippen molar-refractivity contribution in [2.24, 2.45) is 11.8 Å². The first-order valence-electron chi connectivity index (χ1n) is 10.3. The van der Waals surface area contributed by atoms with E-state index in [2.05, 4.69) is 19.2 Å². The molecule has 6 nitrogen and oxygen atoms in total. The van der Waals surface area contributed by atoms with Crippen molar-refractivity contribution in [3.05, 3.63) is 0 Å². The molecule has 2 fully saturated rings. The first kappa shape index (κ1) is 20.7. The van der Waals surface area contributed by atoms with Gasteiger partial charge in [-0.05, 0) is 31.6 Å². The van der Waals surface area contributed by atoms with E-state index in [0.29, 0.717) is 38.4 Å². The fraction of sp³-hybridized carbons (Fsp3) is 0.850. The number of rotatable bonds is 3. The molecule has 2 aliphatic rings. The minimum Gasteiger partial charge on any atom is -0.356 e. The summed E-state index contributed by atoms with van der Waals surface area (Å²) in [5.41, 5.74) is 0. The Morgan fingerprint density at radius 2 is 1.69 bits per heavy atom. The summed E-state index contributed by atoms with van der Waals surface area (Å²) in [5, 5.41) is 2.93. The van der Waals surface area contributed by atoms with Crippen LogP contribution in [0.15, 0.2) is 0 Å². The molecule has 2 aliphatic heterocycles. The SMILES string of the molecule is CC(C)CC(=O)N1CCC(C(=O)N2CCCCCCNC(=O)CC2)CC1. The van der Waals surface area contributed by atoms with Crippen molar-refractivity contribution in [2.75, 3.05) is 32.7 Å². The Bertz CT molecular complexity index is 485. The summed E-state index contributed by atoms with van der Waals surface area (Å²) < 4.78 is 0. The van der Waals surface area contributed by atoms with E-state index >= 15 is 0 Å². The quantitative estimate of drug-likeness (QED) is 0.833. The Morgan fingerprint density at radius 3 is 2.38 bits per heavy atom. The molecule has 0 saturated carbocycles. The maximum absolute atomic E-state index is 13.0. The number of piperidine rings is 1. The van der Waals surface area contributed by atoms with E-state index in [9.17, 15) is 14.4 Å². The predicted molar refractivity (Wildman–Crippen MR) is 101 cm³/mol. The Morgan fingerprint density at radius 1 is 1.00 bits per heavy atom. The van der Waals surface area contributed by atoms with Crippen LogP contribution in [0.25, 0.3) is 0 Å². The zero-order chi connectivity index (χ0) is 18.9. The molecule has 26 heavy (non-hydrogen) atoms. The van der Waals surface area contributed by atoms with Crippen LogP contribution in [0.4, 0.5) is 0 Å². The van der Waals surface area contributed by atoms with Gasteiger partial charge in [0.15, 0.2) is 0 Å². The average Bonchev–Trinajstić information content (AvgIpc) is 2.66. The van der Waals surface area contributed by atoms with Crippen molar-refractivity contribution in [1.82, 2.24) is 15.1 Å². The van der Waals surface area contributed by atoms with E-state index in [1.807, 2.05) is 9.80 Å². The zero-order valence-electron chi connectivity index (χ0n) is 16.5. The van der Waals surface area contributed by atoms with Crippen LogP contribution in [0.3, 0.4) is 0 Å². The van der Waals surface area contributed by atoms with Gasteiger partial charge in [-0.3, -0.25) is 14.4 Å². The molecule has 0 bridgehead atoms. The summed E-state index contributed by atoms with van der Waals surface area (Å²) in [7, 11) is 0. The van der Waals surface area contributed by atoms with Crippen LogP contribution in [0.1, 0.15) is 65.2 Å². The van der Waals surface area contributed by atoms with E-state index in [4.69, 9.17) is 0 Å². The summed E-state index contributed by atoms with van der Waals surface area (Å²) in [5.74, 6) is 0.780. The standard InChI is InChI=1S/C20H35N3O3/c1-16(2)15-19(25)22-12-7-17(8-13-22)20(26)23-11-6-4-3-5-10-21-18(24)9-14-23/h16-17H,3-15H2,1-2H3,(H,21,24). The topological polar surface area (TPSA) is 69.7 Å². The minimum atomic E-state index is -0.00807. The number of hydrogen-bond acceptors (Lipinski definition) is 3. The summed E-state index contributed by atoms with van der Waals surface area (Å²) in [6.07, 6.45) is 6.67. The molecular formula is C20H35N3O3. The van der Waals surface area contributed by atoms with Gasteiger partial charge in [-0.15, -0.1) is 0 Å². The Balaban J connectivity index is 1.86. The van der Waals surface area contributed by atoms with Gasteiger partial charge in [0, 0.05) is 51.5 Å². The van der Waals surface area contributed by atoms with Gasteiger partial charge >= 0.3 is 0 Å². The van der Waals surface area contributed by atoms with Crippen molar-refractivity contribution < 1.29 is 14.4 Å². The molecule has 148 valence electrons. The van der Waals surface area contributed by atoms with Crippen molar-refractivity contribution in [1.29, 1.82) is 0 Å². The van der Waals surface area contributed by atoms with Gasteiger partial charge in [0.1, 0.15) is 0 Å². The summed E-state index contributed by atoms with van der Waals surface area (Å²) in [6, 6.07) is 0. The van der Waals surface area contributed by atoms with Gasteiger partial charge in [-0.2, -0.15) is 0 Å². The zero-order valence-corrected chi connectivity index (χ0v) is 16.5. The minimum absolute atomic E-state index is 0.00807. The largest absolute Gasteiger partial charge is 0.356 e. The molecular weight excluding hydrogens is 330 g/mol. The van der Waals surface area contributed by atoms with Gasteiger partial charge in [-0.1, -0.05) is 26.7 Å². The van der Waals surface area contributed by atoms with Crippen molar-refractivity contribution in [3.8, 4) is 0 Å². The second-order valence-electron chi connectivity index (χ2n) is 8.09. The van der Waals surface area contributed by atoms with E-state index in [-0.39, 0.29) is 23.6 Å². The molecule has 0 radical (unpaired) electrons. The number of nitrogens with one attached hydrogen (secondary N) is 1. The van der Waals surface area contributed by atoms with Gasteiger partial charge < -0.3 is 15.1 Å². The normalized spacial score (nSPS) is 21.3. The van der Waals surface area contributed by atoms with Crippen LogP contribution in [0.2, 0.25) is 0 Å². The highest BCUT2D eigenvalue weighted by Gasteiger charge is 2.30. The number of carbonyl (C=O) groups is 3. The second kappa shape index (κ2) is 10.5. The van der Waals surface area contributed by atoms with E-state index < -0.39 is 0 Å². The molecule has 0 aliphatic carbocycles. The molecule has 6 heteroatoms. The summed E-state index contributed by atoms with van der Waals surface area (Å²) >= 11 is 0. The van der Waals surface area contributed by atoms with Crippen LogP contribution in [0, 0.1) is 11.8 Å². The summed E-state index contributed by atoms with van der Waals surface area (Å²) in [6.45, 7) is 7.47. The number of amides is 3. The van der Waals surface area contributed by atoms with Gasteiger partial charge in [0.2, 0.25) is 17.7 Å². The lowest BCUT2D eigenvalue weighted by molar-refractivity contribution is -0.141. The maximum atomic E-state index is 13.0. The fourth-order valence-corrected chi connectivity index (χ4v) is 3.78. The lowest BCUT2D eigenvalue weighted by Gasteiger charge is -2.34. The van der Waals surface area contributed by atoms with Crippen LogP contribution in [0.5, 0.6) is 0 Å². The summed E-state index contributed by atoms with van der Waals surface area (Å²) in [4.78, 5) is 40.8. The van der Waals surface area contributed by atoms with E-state index in [1.165, 1.54) is 0 Å².